The van der Waals surface area contributed by atoms with E-state index in [1.165, 1.54) is 10.8 Å². The molecule has 1 heteroatoms. The second-order valence-electron chi connectivity index (χ2n) is 11.8. The van der Waals surface area contributed by atoms with Crippen molar-refractivity contribution in [1.82, 2.24) is 0 Å². The molecule has 0 saturated heterocycles. The number of fused-ring (bicyclic) bond motifs is 8. The first-order valence-corrected chi connectivity index (χ1v) is 15.5. The average Bonchev–Trinajstić information content (AvgIpc) is 3.62. The van der Waals surface area contributed by atoms with Crippen molar-refractivity contribution < 1.29 is 15.4 Å². The van der Waals surface area contributed by atoms with Crippen LogP contribution < -0.4 is 0 Å². The monoisotopic (exact) mass is 604 g/mol. The van der Waals surface area contributed by atoms with Crippen molar-refractivity contribution >= 4 is 65.0 Å². The Bertz CT molecular complexity index is 3220. The highest BCUT2D eigenvalue weighted by Gasteiger charge is 2.21. The highest BCUT2D eigenvalue weighted by atomic mass is 16.3. The summed E-state index contributed by atoms with van der Waals surface area (Å²) in [4.78, 5) is 0. The molecule has 1 aromatic heterocycles. The molecule has 0 aliphatic heterocycles. The standard InChI is InChI=1S/C46H28O/c1-2-13-30(14-3-1)43-36-16-6-8-18-38(36)44(39-19-9-7-17-37(39)43)40-21-11-23-42-45(40)41-22-10-20-35(46(41)47-42)32-26-27-34-31(28-32)25-24-29-12-4-5-15-33(29)34/h1-28H/i6D,7D,8D,9D,16D,17D,18D,19D. The molecular formula is C46H28O. The maximum Gasteiger partial charge on any atom is 0.143 e. The molecule has 0 saturated carbocycles. The molecule has 0 fully saturated rings. The molecule has 1 heterocycles. The summed E-state index contributed by atoms with van der Waals surface area (Å²) in [5, 5.41) is 6.70. The summed E-state index contributed by atoms with van der Waals surface area (Å²) in [6.07, 6.45) is 0. The number of hydrogen-bond acceptors (Lipinski definition) is 1. The van der Waals surface area contributed by atoms with E-state index in [9.17, 15) is 5.48 Å². The molecule has 47 heavy (non-hydrogen) atoms. The van der Waals surface area contributed by atoms with Crippen LogP contribution in [0.3, 0.4) is 0 Å². The topological polar surface area (TPSA) is 13.1 Å². The largest absolute Gasteiger partial charge is 0.455 e. The fraction of sp³-hybridized carbons (Fsp3) is 0. The lowest BCUT2D eigenvalue weighted by Crippen LogP contribution is -1.91. The number of rotatable bonds is 3. The lowest BCUT2D eigenvalue weighted by Gasteiger charge is -2.18. The van der Waals surface area contributed by atoms with Crippen LogP contribution in [-0.4, -0.2) is 0 Å². The van der Waals surface area contributed by atoms with Gasteiger partial charge in [0.05, 0.1) is 11.0 Å². The van der Waals surface area contributed by atoms with Crippen molar-refractivity contribution in [2.45, 2.75) is 0 Å². The van der Waals surface area contributed by atoms with E-state index in [0.717, 1.165) is 27.3 Å². The van der Waals surface area contributed by atoms with Gasteiger partial charge in [0.25, 0.3) is 0 Å². The van der Waals surface area contributed by atoms with Gasteiger partial charge in [0.15, 0.2) is 0 Å². The van der Waals surface area contributed by atoms with Crippen molar-refractivity contribution in [1.29, 1.82) is 0 Å². The van der Waals surface area contributed by atoms with Crippen LogP contribution in [0.1, 0.15) is 11.0 Å². The van der Waals surface area contributed by atoms with Gasteiger partial charge in [-0.1, -0.05) is 158 Å². The van der Waals surface area contributed by atoms with Crippen molar-refractivity contribution in [2.24, 2.45) is 0 Å². The van der Waals surface area contributed by atoms with Gasteiger partial charge in [-0.15, -0.1) is 0 Å². The van der Waals surface area contributed by atoms with Crippen LogP contribution in [0, 0.1) is 0 Å². The van der Waals surface area contributed by atoms with E-state index in [1.807, 2.05) is 48.5 Å². The maximum atomic E-state index is 9.36. The molecule has 0 unspecified atom stereocenters. The van der Waals surface area contributed by atoms with Gasteiger partial charge in [-0.2, -0.15) is 0 Å². The lowest BCUT2D eigenvalue weighted by atomic mass is 9.85. The Morgan fingerprint density at radius 1 is 0.404 bits per heavy atom. The van der Waals surface area contributed by atoms with E-state index in [-0.39, 0.29) is 45.7 Å². The molecule has 0 atom stereocenters. The smallest absolute Gasteiger partial charge is 0.143 e. The summed E-state index contributed by atoms with van der Waals surface area (Å²) >= 11 is 0. The SMILES string of the molecule is [2H]c1c([2H])c([2H])c2c(-c3cccc4oc5c(-c6ccc7c(ccc8ccccc87)c6)cccc5c34)c3c([2H])c([2H])c([2H])c([2H])c3c(-c3ccccc3)c2c1[2H]. The van der Waals surface area contributed by atoms with Gasteiger partial charge in [0, 0.05) is 16.3 Å². The predicted octanol–water partition coefficient (Wildman–Crippen LogP) is 13.2. The van der Waals surface area contributed by atoms with Crippen molar-refractivity contribution in [3.63, 3.8) is 0 Å². The van der Waals surface area contributed by atoms with Crippen LogP contribution in [-0.2, 0) is 0 Å². The predicted molar refractivity (Wildman–Crippen MR) is 200 cm³/mol. The number of hydrogen-bond donors (Lipinski definition) is 0. The fourth-order valence-electron chi connectivity index (χ4n) is 7.25. The van der Waals surface area contributed by atoms with Gasteiger partial charge < -0.3 is 4.42 Å². The molecule has 9 aromatic carbocycles. The van der Waals surface area contributed by atoms with Crippen LogP contribution in [0.15, 0.2) is 174 Å². The first kappa shape index (κ1) is 19.4. The second-order valence-corrected chi connectivity index (χ2v) is 11.8. The molecular weight excluding hydrogens is 569 g/mol. The summed E-state index contributed by atoms with van der Waals surface area (Å²) in [7, 11) is 0. The van der Waals surface area contributed by atoms with Gasteiger partial charge in [0.2, 0.25) is 0 Å². The molecule has 0 amide bonds. The number of para-hydroxylation sites is 1. The number of furan rings is 1. The third-order valence-corrected chi connectivity index (χ3v) is 9.29. The molecule has 1 nitrogen and oxygen atoms in total. The van der Waals surface area contributed by atoms with Gasteiger partial charge >= 0.3 is 0 Å². The summed E-state index contributed by atoms with van der Waals surface area (Å²) in [5.41, 5.74) is 4.70. The van der Waals surface area contributed by atoms with Gasteiger partial charge in [-0.25, -0.2) is 0 Å². The first-order valence-electron chi connectivity index (χ1n) is 19.5. The van der Waals surface area contributed by atoms with Crippen molar-refractivity contribution in [3.8, 4) is 33.4 Å². The van der Waals surface area contributed by atoms with E-state index in [2.05, 4.69) is 42.5 Å². The Balaban J connectivity index is 1.36. The van der Waals surface area contributed by atoms with Crippen LogP contribution in [0.25, 0.3) is 98.4 Å². The third kappa shape index (κ3) is 3.90. The van der Waals surface area contributed by atoms with E-state index in [0.29, 0.717) is 38.8 Å². The number of benzene rings is 9. The highest BCUT2D eigenvalue weighted by Crippen LogP contribution is 2.47. The van der Waals surface area contributed by atoms with Crippen LogP contribution in [0.5, 0.6) is 0 Å². The molecule has 0 N–H and O–H groups in total. The highest BCUT2D eigenvalue weighted by molar-refractivity contribution is 6.26. The normalized spacial score (nSPS) is 14.2. The van der Waals surface area contributed by atoms with E-state index < -0.39 is 24.2 Å². The summed E-state index contributed by atoms with van der Waals surface area (Å²) in [6.45, 7) is 0. The Morgan fingerprint density at radius 2 is 1.02 bits per heavy atom. The zero-order valence-electron chi connectivity index (χ0n) is 33.0. The zero-order chi connectivity index (χ0) is 37.9. The molecule has 218 valence electrons. The quantitative estimate of drug-likeness (QED) is 0.144. The Hall–Kier alpha value is -6.18. The lowest BCUT2D eigenvalue weighted by molar-refractivity contribution is 0.670. The molecule has 0 aliphatic rings. The van der Waals surface area contributed by atoms with Gasteiger partial charge in [-0.05, 0) is 83.0 Å². The molecule has 0 bridgehead atoms. The van der Waals surface area contributed by atoms with Crippen LogP contribution >= 0.6 is 0 Å². The van der Waals surface area contributed by atoms with Gasteiger partial charge in [-0.3, -0.25) is 0 Å². The minimum Gasteiger partial charge on any atom is -0.455 e. The molecule has 0 spiro atoms. The van der Waals surface area contributed by atoms with Crippen LogP contribution in [0.4, 0.5) is 0 Å². The molecule has 0 aliphatic carbocycles. The fourth-order valence-corrected chi connectivity index (χ4v) is 7.25. The Kier molecular flexibility index (Phi) is 4.19. The van der Waals surface area contributed by atoms with Crippen LogP contribution in [0.2, 0.25) is 0 Å². The van der Waals surface area contributed by atoms with E-state index in [4.69, 9.17) is 9.90 Å². The third-order valence-electron chi connectivity index (χ3n) is 9.29. The Labute approximate surface area is 283 Å². The van der Waals surface area contributed by atoms with Gasteiger partial charge in [0.1, 0.15) is 11.2 Å². The minimum atomic E-state index is -0.437. The average molecular weight is 605 g/mol. The first-order chi connectivity index (χ1) is 26.7. The Morgan fingerprint density at radius 3 is 1.81 bits per heavy atom. The van der Waals surface area contributed by atoms with E-state index >= 15 is 0 Å². The second kappa shape index (κ2) is 10.2. The van der Waals surface area contributed by atoms with Crippen molar-refractivity contribution in [2.75, 3.05) is 0 Å². The maximum absolute atomic E-state index is 9.36. The molecule has 0 radical (unpaired) electrons. The van der Waals surface area contributed by atoms with Crippen molar-refractivity contribution in [3.05, 3.63) is 170 Å². The molecule has 10 rings (SSSR count). The summed E-state index contributed by atoms with van der Waals surface area (Å²) in [6, 6.07) is 36.4. The minimum absolute atomic E-state index is 0.169. The summed E-state index contributed by atoms with van der Waals surface area (Å²) in [5.74, 6) is 0. The zero-order valence-corrected chi connectivity index (χ0v) is 25.0. The van der Waals surface area contributed by atoms with E-state index in [1.54, 1.807) is 30.3 Å². The molecule has 10 aromatic rings. The summed E-state index contributed by atoms with van der Waals surface area (Å²) < 4.78 is 79.0.